The predicted molar refractivity (Wildman–Crippen MR) is 77.9 cm³/mol. The van der Waals surface area contributed by atoms with Gasteiger partial charge < -0.3 is 4.57 Å². The second-order valence-corrected chi connectivity index (χ2v) is 4.54. The van der Waals surface area contributed by atoms with Gasteiger partial charge >= 0.3 is 0 Å². The lowest BCUT2D eigenvalue weighted by atomic mass is 10.2. The molecule has 0 aliphatic rings. The van der Waals surface area contributed by atoms with Crippen molar-refractivity contribution in [1.82, 2.24) is 9.55 Å². The number of benzene rings is 2. The van der Waals surface area contributed by atoms with Crippen LogP contribution in [0.5, 0.6) is 0 Å². The van der Waals surface area contributed by atoms with Crippen LogP contribution >= 0.6 is 0 Å². The van der Waals surface area contributed by atoms with Crippen LogP contribution < -0.4 is 0 Å². The number of nitriles is 1. The molecule has 0 atom stereocenters. The Kier molecular flexibility index (Phi) is 3.30. The topological polar surface area (TPSA) is 41.6 Å². The Bertz CT molecular complexity index is 737. The van der Waals surface area contributed by atoms with E-state index in [1.165, 1.54) is 0 Å². The second kappa shape index (κ2) is 5.41. The maximum absolute atomic E-state index is 9.22. The third-order valence-corrected chi connectivity index (χ3v) is 3.14. The third kappa shape index (κ3) is 2.45. The number of rotatable bonds is 3. The molecule has 0 fully saturated rings. The van der Waals surface area contributed by atoms with Crippen molar-refractivity contribution in [1.29, 1.82) is 5.26 Å². The predicted octanol–water partition coefficient (Wildman–Crippen LogP) is 3.47. The fraction of sp³-hybridized carbons (Fsp3) is 0.0588. The first-order valence-electron chi connectivity index (χ1n) is 6.43. The molecule has 3 aromatic rings. The molecule has 1 heterocycles. The molecule has 0 saturated carbocycles. The molecule has 0 aliphatic carbocycles. The highest BCUT2D eigenvalue weighted by Gasteiger charge is 2.09. The van der Waals surface area contributed by atoms with E-state index in [0.29, 0.717) is 12.4 Å². The summed E-state index contributed by atoms with van der Waals surface area (Å²) < 4.78 is 1.89. The summed E-state index contributed by atoms with van der Waals surface area (Å²) in [5.74, 6) is 0.438. The molecule has 0 radical (unpaired) electrons. The lowest BCUT2D eigenvalue weighted by Crippen LogP contribution is -2.00. The van der Waals surface area contributed by atoms with E-state index >= 15 is 0 Å². The minimum Gasteiger partial charge on any atom is -0.318 e. The van der Waals surface area contributed by atoms with Crippen LogP contribution in [0.3, 0.4) is 0 Å². The summed E-state index contributed by atoms with van der Waals surface area (Å²) in [7, 11) is 0. The van der Waals surface area contributed by atoms with Gasteiger partial charge in [-0.1, -0.05) is 60.7 Å². The number of hydrogen-bond acceptors (Lipinski definition) is 2. The van der Waals surface area contributed by atoms with E-state index < -0.39 is 0 Å². The fourth-order valence-corrected chi connectivity index (χ4v) is 2.15. The summed E-state index contributed by atoms with van der Waals surface area (Å²) in [6, 6.07) is 22.1. The smallest absolute Gasteiger partial charge is 0.213 e. The first-order valence-corrected chi connectivity index (χ1v) is 6.43. The summed E-state index contributed by atoms with van der Waals surface area (Å²) in [6.45, 7) is 0.656. The van der Waals surface area contributed by atoms with E-state index in [2.05, 4.69) is 11.1 Å². The van der Waals surface area contributed by atoms with Crippen LogP contribution in [0.15, 0.2) is 66.9 Å². The van der Waals surface area contributed by atoms with Gasteiger partial charge in [-0.3, -0.25) is 0 Å². The van der Waals surface area contributed by atoms with Gasteiger partial charge in [0.15, 0.2) is 0 Å². The lowest BCUT2D eigenvalue weighted by Gasteiger charge is -2.02. The summed E-state index contributed by atoms with van der Waals surface area (Å²) in [4.78, 5) is 4.40. The average molecular weight is 259 g/mol. The van der Waals surface area contributed by atoms with Crippen molar-refractivity contribution in [2.24, 2.45) is 0 Å². The molecular formula is C17H13N3. The molecule has 96 valence electrons. The molecule has 0 N–H and O–H groups in total. The van der Waals surface area contributed by atoms with Crippen molar-refractivity contribution in [2.45, 2.75) is 6.54 Å². The van der Waals surface area contributed by atoms with Gasteiger partial charge in [0.05, 0.1) is 5.69 Å². The van der Waals surface area contributed by atoms with E-state index in [1.807, 2.05) is 71.4 Å². The molecule has 1 aromatic heterocycles. The highest BCUT2D eigenvalue weighted by molar-refractivity contribution is 5.59. The largest absolute Gasteiger partial charge is 0.318 e. The molecule has 0 unspecified atom stereocenters. The Hall–Kier alpha value is -2.86. The highest BCUT2D eigenvalue weighted by atomic mass is 15.1. The molecule has 3 nitrogen and oxygen atoms in total. The molecular weight excluding hydrogens is 246 g/mol. The summed E-state index contributed by atoms with van der Waals surface area (Å²) in [5.41, 5.74) is 3.01. The summed E-state index contributed by atoms with van der Waals surface area (Å²) in [6.07, 6.45) is 1.93. The molecule has 3 rings (SSSR count). The van der Waals surface area contributed by atoms with Crippen LogP contribution in [-0.2, 0) is 6.54 Å². The van der Waals surface area contributed by atoms with Crippen molar-refractivity contribution in [3.05, 3.63) is 78.2 Å². The summed E-state index contributed by atoms with van der Waals surface area (Å²) >= 11 is 0. The Morgan fingerprint density at radius 1 is 0.950 bits per heavy atom. The van der Waals surface area contributed by atoms with Crippen LogP contribution in [-0.4, -0.2) is 9.55 Å². The van der Waals surface area contributed by atoms with Crippen molar-refractivity contribution >= 4 is 0 Å². The second-order valence-electron chi connectivity index (χ2n) is 4.54. The lowest BCUT2D eigenvalue weighted by molar-refractivity contribution is 0.782. The van der Waals surface area contributed by atoms with Crippen LogP contribution in [0.1, 0.15) is 11.4 Å². The van der Waals surface area contributed by atoms with Gasteiger partial charge in [-0.05, 0) is 5.56 Å². The molecule has 2 aromatic carbocycles. The van der Waals surface area contributed by atoms with Crippen molar-refractivity contribution in [2.75, 3.05) is 0 Å². The van der Waals surface area contributed by atoms with Crippen LogP contribution in [0.25, 0.3) is 11.3 Å². The fourth-order valence-electron chi connectivity index (χ4n) is 2.15. The SMILES string of the molecule is N#Cc1nc(-c2ccccc2)cn1Cc1ccccc1. The number of nitrogens with zero attached hydrogens (tertiary/aromatic N) is 3. The Labute approximate surface area is 117 Å². The van der Waals surface area contributed by atoms with E-state index in [4.69, 9.17) is 0 Å². The van der Waals surface area contributed by atoms with Gasteiger partial charge in [-0.15, -0.1) is 0 Å². The van der Waals surface area contributed by atoms with Crippen LogP contribution in [0.4, 0.5) is 0 Å². The number of imidazole rings is 1. The van der Waals surface area contributed by atoms with E-state index in [1.54, 1.807) is 0 Å². The van der Waals surface area contributed by atoms with Gasteiger partial charge in [0.1, 0.15) is 6.07 Å². The van der Waals surface area contributed by atoms with E-state index in [0.717, 1.165) is 16.8 Å². The van der Waals surface area contributed by atoms with Crippen molar-refractivity contribution in [3.63, 3.8) is 0 Å². The normalized spacial score (nSPS) is 10.2. The van der Waals surface area contributed by atoms with Gasteiger partial charge in [0, 0.05) is 18.3 Å². The maximum atomic E-state index is 9.22. The first kappa shape index (κ1) is 12.2. The van der Waals surface area contributed by atoms with Gasteiger partial charge in [-0.25, -0.2) is 4.98 Å². The van der Waals surface area contributed by atoms with Gasteiger partial charge in [-0.2, -0.15) is 5.26 Å². The molecule has 20 heavy (non-hydrogen) atoms. The third-order valence-electron chi connectivity index (χ3n) is 3.14. The van der Waals surface area contributed by atoms with Crippen LogP contribution in [0, 0.1) is 11.3 Å². The van der Waals surface area contributed by atoms with Gasteiger partial charge in [0.2, 0.25) is 5.82 Å². The van der Waals surface area contributed by atoms with E-state index in [9.17, 15) is 5.26 Å². The van der Waals surface area contributed by atoms with E-state index in [-0.39, 0.29) is 0 Å². The monoisotopic (exact) mass is 259 g/mol. The highest BCUT2D eigenvalue weighted by Crippen LogP contribution is 2.18. The summed E-state index contributed by atoms with van der Waals surface area (Å²) in [5, 5.41) is 9.22. The molecule has 0 amide bonds. The molecule has 0 saturated heterocycles. The first-order chi connectivity index (χ1) is 9.86. The van der Waals surface area contributed by atoms with Crippen molar-refractivity contribution < 1.29 is 0 Å². The Morgan fingerprint density at radius 3 is 2.25 bits per heavy atom. The molecule has 0 aliphatic heterocycles. The van der Waals surface area contributed by atoms with Crippen LogP contribution in [0.2, 0.25) is 0 Å². The average Bonchev–Trinajstić information content (AvgIpc) is 2.92. The maximum Gasteiger partial charge on any atom is 0.213 e. The molecule has 0 bridgehead atoms. The van der Waals surface area contributed by atoms with Crippen molar-refractivity contribution in [3.8, 4) is 17.3 Å². The number of aromatic nitrogens is 2. The zero-order valence-electron chi connectivity index (χ0n) is 10.9. The molecule has 0 spiro atoms. The Morgan fingerprint density at radius 2 is 1.60 bits per heavy atom. The zero-order valence-corrected chi connectivity index (χ0v) is 10.9. The van der Waals surface area contributed by atoms with Gasteiger partial charge in [0.25, 0.3) is 0 Å². The zero-order chi connectivity index (χ0) is 13.8. The minimum atomic E-state index is 0.438. The minimum absolute atomic E-state index is 0.438. The quantitative estimate of drug-likeness (QED) is 0.722. The standard InChI is InChI=1S/C17H13N3/c18-11-17-19-16(15-9-5-2-6-10-15)13-20(17)12-14-7-3-1-4-8-14/h1-10,13H,12H2. The Balaban J connectivity index is 1.96. The molecule has 3 heteroatoms. The number of hydrogen-bond donors (Lipinski definition) is 0.